The summed E-state index contributed by atoms with van der Waals surface area (Å²) in [5.41, 5.74) is 5.01. The van der Waals surface area contributed by atoms with E-state index in [0.29, 0.717) is 28.6 Å². The van der Waals surface area contributed by atoms with Crippen LogP contribution in [0.2, 0.25) is 5.02 Å². The van der Waals surface area contributed by atoms with Gasteiger partial charge in [0.2, 0.25) is 5.91 Å². The second kappa shape index (κ2) is 8.75. The number of carbonyl (C=O) groups excluding carboxylic acids is 2. The van der Waals surface area contributed by atoms with Gasteiger partial charge < -0.3 is 9.47 Å². The molecule has 5 rings (SSSR count). The molecule has 0 saturated carbocycles. The molecule has 6 heteroatoms. The minimum atomic E-state index is -0.374. The molecule has 0 radical (unpaired) electrons. The van der Waals surface area contributed by atoms with E-state index in [9.17, 15) is 9.59 Å². The average molecular weight is 460 g/mol. The van der Waals surface area contributed by atoms with Crippen LogP contribution in [-0.2, 0) is 20.9 Å². The van der Waals surface area contributed by atoms with E-state index in [-0.39, 0.29) is 30.8 Å². The van der Waals surface area contributed by atoms with Crippen molar-refractivity contribution < 1.29 is 19.1 Å². The van der Waals surface area contributed by atoms with Crippen LogP contribution in [0.4, 0.5) is 5.69 Å². The van der Waals surface area contributed by atoms with Gasteiger partial charge in [-0.3, -0.25) is 9.69 Å². The van der Waals surface area contributed by atoms with Gasteiger partial charge in [-0.1, -0.05) is 48.0 Å². The highest BCUT2D eigenvalue weighted by Crippen LogP contribution is 2.42. The molecule has 0 spiro atoms. The number of nitrogens with zero attached hydrogens (tertiary/aromatic N) is 1. The van der Waals surface area contributed by atoms with Gasteiger partial charge in [-0.2, -0.15) is 0 Å². The van der Waals surface area contributed by atoms with Gasteiger partial charge >= 0.3 is 5.97 Å². The lowest BCUT2D eigenvalue weighted by Gasteiger charge is -2.32. The number of anilines is 1. The molecule has 0 aliphatic carbocycles. The SMILES string of the molecule is Cc1ccccc1COc1ccc(C2CC(=O)N(c3ccc(Cl)cc3)C3=C2C(=O)OC3)cc1. The Morgan fingerprint density at radius 2 is 1.73 bits per heavy atom. The molecule has 166 valence electrons. The van der Waals surface area contributed by atoms with E-state index in [0.717, 1.165) is 16.9 Å². The fraction of sp³-hybridized carbons (Fsp3) is 0.185. The molecule has 0 bridgehead atoms. The predicted molar refractivity (Wildman–Crippen MR) is 126 cm³/mol. The molecular formula is C27H22ClNO4. The number of aryl methyl sites for hydroxylation is 1. The Hall–Kier alpha value is -3.57. The zero-order chi connectivity index (χ0) is 22.9. The number of hydrogen-bond acceptors (Lipinski definition) is 4. The Bertz CT molecular complexity index is 1250. The van der Waals surface area contributed by atoms with Gasteiger partial charge in [-0.15, -0.1) is 0 Å². The second-order valence-corrected chi connectivity index (χ2v) is 8.62. The van der Waals surface area contributed by atoms with Crippen LogP contribution in [0, 0.1) is 6.92 Å². The Balaban J connectivity index is 1.40. The second-order valence-electron chi connectivity index (χ2n) is 8.18. The van der Waals surface area contributed by atoms with Crippen LogP contribution in [0.25, 0.3) is 0 Å². The molecule has 2 aliphatic rings. The minimum Gasteiger partial charge on any atom is -0.489 e. The van der Waals surface area contributed by atoms with Gasteiger partial charge in [0.15, 0.2) is 0 Å². The van der Waals surface area contributed by atoms with Crippen molar-refractivity contribution in [2.45, 2.75) is 25.9 Å². The molecule has 0 fully saturated rings. The summed E-state index contributed by atoms with van der Waals surface area (Å²) in [6.45, 7) is 2.61. The van der Waals surface area contributed by atoms with E-state index >= 15 is 0 Å². The van der Waals surface area contributed by atoms with Crippen LogP contribution in [0.15, 0.2) is 84.1 Å². The highest BCUT2D eigenvalue weighted by molar-refractivity contribution is 6.30. The van der Waals surface area contributed by atoms with E-state index in [1.165, 1.54) is 5.56 Å². The first-order valence-electron chi connectivity index (χ1n) is 10.8. The first-order chi connectivity index (χ1) is 16.0. The molecular weight excluding hydrogens is 438 g/mol. The summed E-state index contributed by atoms with van der Waals surface area (Å²) < 4.78 is 11.3. The molecule has 0 N–H and O–H groups in total. The van der Waals surface area contributed by atoms with Crippen molar-refractivity contribution in [3.63, 3.8) is 0 Å². The quantitative estimate of drug-likeness (QED) is 0.469. The largest absolute Gasteiger partial charge is 0.489 e. The highest BCUT2D eigenvalue weighted by atomic mass is 35.5. The zero-order valence-electron chi connectivity index (χ0n) is 18.1. The predicted octanol–water partition coefficient (Wildman–Crippen LogP) is 5.56. The summed E-state index contributed by atoms with van der Waals surface area (Å²) >= 11 is 6.00. The Kier molecular flexibility index (Phi) is 5.65. The summed E-state index contributed by atoms with van der Waals surface area (Å²) in [7, 11) is 0. The number of cyclic esters (lactones) is 1. The molecule has 1 atom stereocenters. The number of carbonyl (C=O) groups is 2. The van der Waals surface area contributed by atoms with Crippen molar-refractivity contribution in [3.05, 3.63) is 106 Å². The molecule has 1 unspecified atom stereocenters. The number of amides is 1. The van der Waals surface area contributed by atoms with Gasteiger partial charge in [0.25, 0.3) is 0 Å². The summed E-state index contributed by atoms with van der Waals surface area (Å²) in [6.07, 6.45) is 0.181. The molecule has 0 aromatic heterocycles. The monoisotopic (exact) mass is 459 g/mol. The number of halogens is 1. The molecule has 3 aromatic rings. The van der Waals surface area contributed by atoms with E-state index in [4.69, 9.17) is 21.1 Å². The molecule has 2 heterocycles. The fourth-order valence-electron chi connectivity index (χ4n) is 4.36. The normalized spacial score (nSPS) is 17.8. The Morgan fingerprint density at radius 3 is 2.45 bits per heavy atom. The summed E-state index contributed by atoms with van der Waals surface area (Å²) in [5, 5.41) is 0.582. The molecule has 1 amide bonds. The maximum absolute atomic E-state index is 13.1. The first kappa shape index (κ1) is 21.3. The smallest absolute Gasteiger partial charge is 0.336 e. The maximum atomic E-state index is 13.1. The van der Waals surface area contributed by atoms with E-state index in [1.807, 2.05) is 42.5 Å². The summed E-state index contributed by atoms with van der Waals surface area (Å²) in [6, 6.07) is 22.7. The minimum absolute atomic E-state index is 0.0800. The van der Waals surface area contributed by atoms with Crippen LogP contribution in [-0.4, -0.2) is 18.5 Å². The third kappa shape index (κ3) is 4.12. The number of rotatable bonds is 5. The van der Waals surface area contributed by atoms with Crippen molar-refractivity contribution in [3.8, 4) is 5.75 Å². The third-order valence-electron chi connectivity index (χ3n) is 6.14. The van der Waals surface area contributed by atoms with E-state index < -0.39 is 0 Å². The fourth-order valence-corrected chi connectivity index (χ4v) is 4.48. The topological polar surface area (TPSA) is 55.8 Å². The first-order valence-corrected chi connectivity index (χ1v) is 11.1. The van der Waals surface area contributed by atoms with E-state index in [1.54, 1.807) is 29.2 Å². The van der Waals surface area contributed by atoms with Gasteiger partial charge in [0.1, 0.15) is 19.0 Å². The van der Waals surface area contributed by atoms with Crippen molar-refractivity contribution >= 4 is 29.2 Å². The molecule has 0 saturated heterocycles. The highest BCUT2D eigenvalue weighted by Gasteiger charge is 2.42. The van der Waals surface area contributed by atoms with Crippen LogP contribution in [0.3, 0.4) is 0 Å². The summed E-state index contributed by atoms with van der Waals surface area (Å²) in [4.78, 5) is 27.3. The van der Waals surface area contributed by atoms with E-state index in [2.05, 4.69) is 13.0 Å². The van der Waals surface area contributed by atoms with Crippen molar-refractivity contribution in [2.24, 2.45) is 0 Å². The third-order valence-corrected chi connectivity index (χ3v) is 6.39. The standard InChI is InChI=1S/C27H22ClNO4/c1-17-4-2-3-5-19(17)15-32-22-12-6-18(7-13-22)23-14-25(30)29(21-10-8-20(28)9-11-21)24-16-33-27(31)26(23)24/h2-13,23H,14-16H2,1H3. The van der Waals surface area contributed by atoms with Crippen LogP contribution >= 0.6 is 11.6 Å². The van der Waals surface area contributed by atoms with Crippen LogP contribution < -0.4 is 9.64 Å². The van der Waals surface area contributed by atoms with Gasteiger partial charge in [-0.05, 0) is 60.0 Å². The van der Waals surface area contributed by atoms with Crippen molar-refractivity contribution in [1.29, 1.82) is 0 Å². The average Bonchev–Trinajstić information content (AvgIpc) is 3.20. The lowest BCUT2D eigenvalue weighted by Crippen LogP contribution is -2.37. The summed E-state index contributed by atoms with van der Waals surface area (Å²) in [5.74, 6) is -0.0767. The zero-order valence-corrected chi connectivity index (χ0v) is 18.8. The molecule has 33 heavy (non-hydrogen) atoms. The number of esters is 1. The van der Waals surface area contributed by atoms with Crippen molar-refractivity contribution in [2.75, 3.05) is 11.5 Å². The van der Waals surface area contributed by atoms with Gasteiger partial charge in [0, 0.05) is 23.0 Å². The van der Waals surface area contributed by atoms with Crippen LogP contribution in [0.5, 0.6) is 5.75 Å². The molecule has 2 aliphatic heterocycles. The lowest BCUT2D eigenvalue weighted by atomic mass is 9.84. The number of hydrogen-bond donors (Lipinski definition) is 0. The van der Waals surface area contributed by atoms with Crippen LogP contribution in [0.1, 0.15) is 29.0 Å². The Morgan fingerprint density at radius 1 is 1.00 bits per heavy atom. The number of benzene rings is 3. The van der Waals surface area contributed by atoms with Crippen molar-refractivity contribution in [1.82, 2.24) is 0 Å². The Labute approximate surface area is 197 Å². The number of ether oxygens (including phenoxy) is 2. The van der Waals surface area contributed by atoms with Gasteiger partial charge in [-0.25, -0.2) is 4.79 Å². The molecule has 5 nitrogen and oxygen atoms in total. The maximum Gasteiger partial charge on any atom is 0.336 e. The molecule has 3 aromatic carbocycles. The van der Waals surface area contributed by atoms with Gasteiger partial charge in [0.05, 0.1) is 11.3 Å². The lowest BCUT2D eigenvalue weighted by molar-refractivity contribution is -0.136.